The van der Waals surface area contributed by atoms with Gasteiger partial charge in [0.05, 0.1) is 11.0 Å². The molecule has 0 spiro atoms. The molecule has 1 unspecified atom stereocenters. The van der Waals surface area contributed by atoms with Gasteiger partial charge in [0.15, 0.2) is 5.82 Å². The van der Waals surface area contributed by atoms with Crippen LogP contribution in [0.5, 0.6) is 0 Å². The van der Waals surface area contributed by atoms with Crippen LogP contribution < -0.4 is 5.32 Å². The SMILES string of the molecule is CC(Cc1ccccc1)NC(=O)c1nc2ccccc2[nH]1. The molecule has 2 aromatic carbocycles. The monoisotopic (exact) mass is 279 g/mol. The summed E-state index contributed by atoms with van der Waals surface area (Å²) in [6, 6.07) is 17.8. The van der Waals surface area contributed by atoms with Gasteiger partial charge in [0.25, 0.3) is 5.91 Å². The second kappa shape index (κ2) is 5.79. The molecule has 4 nitrogen and oxygen atoms in total. The van der Waals surface area contributed by atoms with Crippen molar-refractivity contribution in [1.82, 2.24) is 15.3 Å². The highest BCUT2D eigenvalue weighted by Gasteiger charge is 2.14. The van der Waals surface area contributed by atoms with E-state index < -0.39 is 0 Å². The number of nitrogens with one attached hydrogen (secondary N) is 2. The maximum atomic E-state index is 12.2. The lowest BCUT2D eigenvalue weighted by atomic mass is 10.1. The summed E-state index contributed by atoms with van der Waals surface area (Å²) in [7, 11) is 0. The largest absolute Gasteiger partial charge is 0.347 e. The summed E-state index contributed by atoms with van der Waals surface area (Å²) in [5.74, 6) is 0.186. The first-order valence-electron chi connectivity index (χ1n) is 7.02. The predicted molar refractivity (Wildman–Crippen MR) is 83.2 cm³/mol. The molecular formula is C17H17N3O. The van der Waals surface area contributed by atoms with Gasteiger partial charge in [-0.15, -0.1) is 0 Å². The quantitative estimate of drug-likeness (QED) is 0.771. The summed E-state index contributed by atoms with van der Waals surface area (Å²) in [6.45, 7) is 1.99. The van der Waals surface area contributed by atoms with Crippen molar-refractivity contribution in [3.05, 3.63) is 66.0 Å². The van der Waals surface area contributed by atoms with Crippen LogP contribution in [0.25, 0.3) is 11.0 Å². The third-order valence-electron chi connectivity index (χ3n) is 3.37. The Labute approximate surface area is 123 Å². The number of amides is 1. The fraction of sp³-hybridized carbons (Fsp3) is 0.176. The molecule has 1 aromatic heterocycles. The van der Waals surface area contributed by atoms with Gasteiger partial charge in [-0.1, -0.05) is 42.5 Å². The van der Waals surface area contributed by atoms with E-state index in [2.05, 4.69) is 27.4 Å². The van der Waals surface area contributed by atoms with E-state index in [1.54, 1.807) is 0 Å². The van der Waals surface area contributed by atoms with Crippen molar-refractivity contribution >= 4 is 16.9 Å². The first-order chi connectivity index (χ1) is 10.2. The normalized spacial score (nSPS) is 12.2. The Bertz CT molecular complexity index is 716. The van der Waals surface area contributed by atoms with Crippen molar-refractivity contribution in [2.24, 2.45) is 0 Å². The van der Waals surface area contributed by atoms with E-state index in [4.69, 9.17) is 0 Å². The molecule has 0 aliphatic rings. The van der Waals surface area contributed by atoms with Crippen LogP contribution in [0, 0.1) is 0 Å². The van der Waals surface area contributed by atoms with Crippen LogP contribution in [0.1, 0.15) is 23.1 Å². The first-order valence-corrected chi connectivity index (χ1v) is 7.02. The summed E-state index contributed by atoms with van der Waals surface area (Å²) in [6.07, 6.45) is 0.798. The Morgan fingerprint density at radius 2 is 1.86 bits per heavy atom. The van der Waals surface area contributed by atoms with E-state index >= 15 is 0 Å². The van der Waals surface area contributed by atoms with Crippen LogP contribution in [0.3, 0.4) is 0 Å². The molecule has 3 aromatic rings. The van der Waals surface area contributed by atoms with E-state index in [-0.39, 0.29) is 11.9 Å². The summed E-state index contributed by atoms with van der Waals surface area (Å²) < 4.78 is 0. The third kappa shape index (κ3) is 3.11. The van der Waals surface area contributed by atoms with Crippen molar-refractivity contribution < 1.29 is 4.79 Å². The molecule has 106 valence electrons. The molecule has 2 N–H and O–H groups in total. The average molecular weight is 279 g/mol. The van der Waals surface area contributed by atoms with E-state index in [9.17, 15) is 4.79 Å². The molecule has 0 fully saturated rings. The minimum absolute atomic E-state index is 0.0492. The Balaban J connectivity index is 1.68. The number of para-hydroxylation sites is 2. The van der Waals surface area contributed by atoms with Gasteiger partial charge < -0.3 is 10.3 Å². The molecule has 1 atom stereocenters. The number of benzene rings is 2. The molecule has 1 heterocycles. The van der Waals surface area contributed by atoms with Gasteiger partial charge in [-0.25, -0.2) is 4.98 Å². The molecule has 0 radical (unpaired) electrons. The Kier molecular flexibility index (Phi) is 3.69. The minimum Gasteiger partial charge on any atom is -0.347 e. The summed E-state index contributed by atoms with van der Waals surface area (Å²) >= 11 is 0. The maximum Gasteiger partial charge on any atom is 0.287 e. The predicted octanol–water partition coefficient (Wildman–Crippen LogP) is 2.92. The molecule has 21 heavy (non-hydrogen) atoms. The number of H-pyrrole nitrogens is 1. The Morgan fingerprint density at radius 1 is 1.14 bits per heavy atom. The highest BCUT2D eigenvalue weighted by molar-refractivity contribution is 5.94. The minimum atomic E-state index is -0.172. The van der Waals surface area contributed by atoms with Gasteiger partial charge in [0.2, 0.25) is 0 Å². The van der Waals surface area contributed by atoms with Crippen LogP contribution in [0.4, 0.5) is 0 Å². The zero-order valence-corrected chi connectivity index (χ0v) is 11.8. The lowest BCUT2D eigenvalue weighted by Gasteiger charge is -2.12. The number of hydrogen-bond acceptors (Lipinski definition) is 2. The topological polar surface area (TPSA) is 57.8 Å². The summed E-state index contributed by atoms with van der Waals surface area (Å²) in [5.41, 5.74) is 2.88. The van der Waals surface area contributed by atoms with Crippen molar-refractivity contribution in [1.29, 1.82) is 0 Å². The molecule has 1 amide bonds. The van der Waals surface area contributed by atoms with Crippen LogP contribution in [0.2, 0.25) is 0 Å². The smallest absolute Gasteiger partial charge is 0.287 e. The first kappa shape index (κ1) is 13.4. The van der Waals surface area contributed by atoms with Gasteiger partial charge in [0.1, 0.15) is 0 Å². The fourth-order valence-corrected chi connectivity index (χ4v) is 2.37. The van der Waals surface area contributed by atoms with Gasteiger partial charge in [-0.2, -0.15) is 0 Å². The van der Waals surface area contributed by atoms with Crippen LogP contribution in [-0.2, 0) is 6.42 Å². The number of carbonyl (C=O) groups is 1. The number of imidazole rings is 1. The third-order valence-corrected chi connectivity index (χ3v) is 3.37. The lowest BCUT2D eigenvalue weighted by Crippen LogP contribution is -2.34. The molecule has 0 saturated carbocycles. The molecule has 3 rings (SSSR count). The molecule has 0 aliphatic carbocycles. The number of nitrogens with zero attached hydrogens (tertiary/aromatic N) is 1. The molecule has 4 heteroatoms. The average Bonchev–Trinajstić information content (AvgIpc) is 2.92. The van der Waals surface area contributed by atoms with Crippen molar-refractivity contribution in [3.8, 4) is 0 Å². The van der Waals surface area contributed by atoms with E-state index in [1.165, 1.54) is 5.56 Å². The number of rotatable bonds is 4. The lowest BCUT2D eigenvalue weighted by molar-refractivity contribution is 0.0931. The standard InChI is InChI=1S/C17H17N3O/c1-12(11-13-7-3-2-4-8-13)18-17(21)16-19-14-9-5-6-10-15(14)20-16/h2-10,12H,11H2,1H3,(H,18,21)(H,19,20). The number of hydrogen-bond donors (Lipinski definition) is 2. The summed E-state index contributed by atoms with van der Waals surface area (Å²) in [4.78, 5) is 19.6. The van der Waals surface area contributed by atoms with Crippen LogP contribution >= 0.6 is 0 Å². The van der Waals surface area contributed by atoms with Crippen molar-refractivity contribution in [2.45, 2.75) is 19.4 Å². The highest BCUT2D eigenvalue weighted by Crippen LogP contribution is 2.10. The van der Waals surface area contributed by atoms with Crippen molar-refractivity contribution in [3.63, 3.8) is 0 Å². The van der Waals surface area contributed by atoms with Gasteiger partial charge in [-0.05, 0) is 31.0 Å². The number of fused-ring (bicyclic) bond motifs is 1. The molecule has 0 aliphatic heterocycles. The van der Waals surface area contributed by atoms with Gasteiger partial charge in [0, 0.05) is 6.04 Å². The van der Waals surface area contributed by atoms with E-state index in [1.807, 2.05) is 49.4 Å². The zero-order valence-electron chi connectivity index (χ0n) is 11.8. The maximum absolute atomic E-state index is 12.2. The molecule has 0 bridgehead atoms. The van der Waals surface area contributed by atoms with Crippen molar-refractivity contribution in [2.75, 3.05) is 0 Å². The summed E-state index contributed by atoms with van der Waals surface area (Å²) in [5, 5.41) is 2.97. The van der Waals surface area contributed by atoms with Crippen LogP contribution in [0.15, 0.2) is 54.6 Å². The number of carbonyl (C=O) groups excluding carboxylic acids is 1. The fourth-order valence-electron chi connectivity index (χ4n) is 2.37. The highest BCUT2D eigenvalue weighted by atomic mass is 16.2. The molecular weight excluding hydrogens is 262 g/mol. The Morgan fingerprint density at radius 3 is 2.62 bits per heavy atom. The number of aromatic nitrogens is 2. The van der Waals surface area contributed by atoms with Gasteiger partial charge >= 0.3 is 0 Å². The molecule has 0 saturated heterocycles. The van der Waals surface area contributed by atoms with Gasteiger partial charge in [-0.3, -0.25) is 4.79 Å². The second-order valence-electron chi connectivity index (χ2n) is 5.17. The van der Waals surface area contributed by atoms with E-state index in [0.717, 1.165) is 17.5 Å². The zero-order chi connectivity index (χ0) is 14.7. The second-order valence-corrected chi connectivity index (χ2v) is 5.17. The van der Waals surface area contributed by atoms with Crippen LogP contribution in [-0.4, -0.2) is 21.9 Å². The van der Waals surface area contributed by atoms with E-state index in [0.29, 0.717) is 5.82 Å². The Hall–Kier alpha value is -2.62. The number of aromatic amines is 1.